The Morgan fingerprint density at radius 3 is 1.67 bits per heavy atom. The van der Waals surface area contributed by atoms with Crippen molar-refractivity contribution in [1.29, 1.82) is 0 Å². The van der Waals surface area contributed by atoms with Gasteiger partial charge in [-0.05, 0) is 60.9 Å². The van der Waals surface area contributed by atoms with Gasteiger partial charge in [-0.15, -0.1) is 0 Å². The van der Waals surface area contributed by atoms with Crippen LogP contribution in [-0.4, -0.2) is 13.2 Å². The lowest BCUT2D eigenvalue weighted by Crippen LogP contribution is -2.04. The minimum atomic E-state index is 0.534. The molecule has 3 heteroatoms. The average Bonchev–Trinajstić information content (AvgIpc) is 2.62. The molecule has 0 bridgehead atoms. The molecule has 24 heavy (non-hydrogen) atoms. The topological polar surface area (TPSA) is 30.5 Å². The highest BCUT2D eigenvalue weighted by atomic mass is 16.5. The molecule has 0 heterocycles. The molecule has 0 aliphatic heterocycles. The van der Waals surface area contributed by atoms with Gasteiger partial charge >= 0.3 is 0 Å². The Bertz CT molecular complexity index is 547. The predicted molar refractivity (Wildman–Crippen MR) is 104 cm³/mol. The van der Waals surface area contributed by atoms with E-state index in [0.717, 1.165) is 42.5 Å². The molecular formula is C21H31NO2. The zero-order chi connectivity index (χ0) is 17.8. The van der Waals surface area contributed by atoms with E-state index in [1.807, 2.05) is 62.4 Å². The van der Waals surface area contributed by atoms with Crippen LogP contribution in [-0.2, 0) is 0 Å². The van der Waals surface area contributed by atoms with Gasteiger partial charge in [0.1, 0.15) is 11.5 Å². The third-order valence-corrected chi connectivity index (χ3v) is 3.05. The van der Waals surface area contributed by atoms with Gasteiger partial charge < -0.3 is 14.8 Å². The third kappa shape index (κ3) is 7.40. The summed E-state index contributed by atoms with van der Waals surface area (Å²) in [5.41, 5.74) is 2.08. The SMILES string of the molecule is CC.CCCOc1ccc(Nc2ccc(OCC(C)C)cc2)cc1. The average molecular weight is 329 g/mol. The Morgan fingerprint density at radius 2 is 1.25 bits per heavy atom. The molecule has 0 aliphatic carbocycles. The lowest BCUT2D eigenvalue weighted by Gasteiger charge is -2.11. The molecule has 0 atom stereocenters. The first-order chi connectivity index (χ1) is 11.7. The summed E-state index contributed by atoms with van der Waals surface area (Å²) in [5.74, 6) is 2.35. The van der Waals surface area contributed by atoms with E-state index < -0.39 is 0 Å². The van der Waals surface area contributed by atoms with Crippen molar-refractivity contribution in [2.45, 2.75) is 41.0 Å². The van der Waals surface area contributed by atoms with Gasteiger partial charge in [-0.3, -0.25) is 0 Å². The van der Waals surface area contributed by atoms with Crippen LogP contribution < -0.4 is 14.8 Å². The molecule has 1 N–H and O–H groups in total. The Morgan fingerprint density at radius 1 is 0.792 bits per heavy atom. The molecule has 0 saturated carbocycles. The standard InChI is InChI=1S/C19H25NO2.C2H6/c1-4-13-21-18-9-5-16(6-10-18)20-17-7-11-19(12-8-17)22-14-15(2)3;1-2/h5-12,15,20H,4,13-14H2,1-3H3;1-2H3. The Hall–Kier alpha value is -2.16. The summed E-state index contributed by atoms with van der Waals surface area (Å²) in [5, 5.41) is 3.37. The Labute approximate surface area is 147 Å². The number of ether oxygens (including phenoxy) is 2. The van der Waals surface area contributed by atoms with Gasteiger partial charge in [0.25, 0.3) is 0 Å². The first-order valence-corrected chi connectivity index (χ1v) is 8.90. The maximum absolute atomic E-state index is 5.68. The number of nitrogens with one attached hydrogen (secondary N) is 1. The molecule has 0 unspecified atom stereocenters. The van der Waals surface area contributed by atoms with Gasteiger partial charge in [0.05, 0.1) is 13.2 Å². The van der Waals surface area contributed by atoms with E-state index in [-0.39, 0.29) is 0 Å². The molecule has 0 aromatic heterocycles. The van der Waals surface area contributed by atoms with Crippen LogP contribution in [0.25, 0.3) is 0 Å². The second-order valence-electron chi connectivity index (χ2n) is 5.73. The van der Waals surface area contributed by atoms with E-state index in [0.29, 0.717) is 5.92 Å². The lowest BCUT2D eigenvalue weighted by atomic mass is 10.2. The van der Waals surface area contributed by atoms with E-state index in [2.05, 4.69) is 26.1 Å². The zero-order valence-electron chi connectivity index (χ0n) is 15.6. The smallest absolute Gasteiger partial charge is 0.119 e. The highest BCUT2D eigenvalue weighted by Crippen LogP contribution is 2.22. The van der Waals surface area contributed by atoms with Crippen LogP contribution in [0.1, 0.15) is 41.0 Å². The monoisotopic (exact) mass is 329 g/mol. The van der Waals surface area contributed by atoms with E-state index in [1.54, 1.807) is 0 Å². The first kappa shape index (κ1) is 19.9. The fourth-order valence-electron chi connectivity index (χ4n) is 1.92. The molecule has 0 radical (unpaired) electrons. The van der Waals surface area contributed by atoms with E-state index >= 15 is 0 Å². The first-order valence-electron chi connectivity index (χ1n) is 8.90. The second kappa shape index (κ2) is 11.4. The summed E-state index contributed by atoms with van der Waals surface area (Å²) in [4.78, 5) is 0. The van der Waals surface area contributed by atoms with Crippen molar-refractivity contribution < 1.29 is 9.47 Å². The molecule has 0 aliphatic rings. The Balaban J connectivity index is 0.00000139. The fourth-order valence-corrected chi connectivity index (χ4v) is 1.92. The number of hydrogen-bond donors (Lipinski definition) is 1. The number of benzene rings is 2. The predicted octanol–water partition coefficient (Wildman–Crippen LogP) is 6.28. The quantitative estimate of drug-likeness (QED) is 0.618. The van der Waals surface area contributed by atoms with Crippen LogP contribution in [0.3, 0.4) is 0 Å². The van der Waals surface area contributed by atoms with Gasteiger partial charge in [0.2, 0.25) is 0 Å². The largest absolute Gasteiger partial charge is 0.494 e. The summed E-state index contributed by atoms with van der Waals surface area (Å²) in [6.07, 6.45) is 1.02. The summed E-state index contributed by atoms with van der Waals surface area (Å²) in [6, 6.07) is 16.0. The molecule has 2 aromatic rings. The minimum absolute atomic E-state index is 0.534. The van der Waals surface area contributed by atoms with Crippen LogP contribution >= 0.6 is 0 Å². The van der Waals surface area contributed by atoms with E-state index in [4.69, 9.17) is 9.47 Å². The van der Waals surface area contributed by atoms with Crippen molar-refractivity contribution in [2.24, 2.45) is 5.92 Å². The molecule has 0 amide bonds. The molecule has 3 nitrogen and oxygen atoms in total. The third-order valence-electron chi connectivity index (χ3n) is 3.05. The number of rotatable bonds is 8. The van der Waals surface area contributed by atoms with Gasteiger partial charge in [0, 0.05) is 11.4 Å². The van der Waals surface area contributed by atoms with Gasteiger partial charge in [-0.2, -0.15) is 0 Å². The van der Waals surface area contributed by atoms with E-state index in [9.17, 15) is 0 Å². The molecule has 0 fully saturated rings. The van der Waals surface area contributed by atoms with Gasteiger partial charge in [0.15, 0.2) is 0 Å². The maximum atomic E-state index is 5.68. The van der Waals surface area contributed by atoms with Crippen molar-refractivity contribution in [1.82, 2.24) is 0 Å². The van der Waals surface area contributed by atoms with Crippen LogP contribution in [0, 0.1) is 5.92 Å². The summed E-state index contributed by atoms with van der Waals surface area (Å²) >= 11 is 0. The minimum Gasteiger partial charge on any atom is -0.494 e. The molecule has 0 spiro atoms. The lowest BCUT2D eigenvalue weighted by molar-refractivity contribution is 0.271. The van der Waals surface area contributed by atoms with Crippen molar-refractivity contribution in [3.8, 4) is 11.5 Å². The molecule has 132 valence electrons. The van der Waals surface area contributed by atoms with Crippen molar-refractivity contribution in [3.05, 3.63) is 48.5 Å². The highest BCUT2D eigenvalue weighted by Gasteiger charge is 1.99. The van der Waals surface area contributed by atoms with Gasteiger partial charge in [-0.25, -0.2) is 0 Å². The Kier molecular flexibility index (Phi) is 9.44. The van der Waals surface area contributed by atoms with Gasteiger partial charge in [-0.1, -0.05) is 34.6 Å². The fraction of sp³-hybridized carbons (Fsp3) is 0.429. The summed E-state index contributed by atoms with van der Waals surface area (Å²) in [6.45, 7) is 11.9. The second-order valence-corrected chi connectivity index (χ2v) is 5.73. The van der Waals surface area contributed by atoms with Crippen molar-refractivity contribution >= 4 is 11.4 Å². The summed E-state index contributed by atoms with van der Waals surface area (Å²) < 4.78 is 11.3. The highest BCUT2D eigenvalue weighted by molar-refractivity contribution is 5.60. The van der Waals surface area contributed by atoms with Crippen molar-refractivity contribution in [3.63, 3.8) is 0 Å². The molecule has 2 rings (SSSR count). The van der Waals surface area contributed by atoms with Crippen LogP contribution in [0.2, 0.25) is 0 Å². The molecule has 2 aromatic carbocycles. The number of hydrogen-bond acceptors (Lipinski definition) is 3. The molecule has 0 saturated heterocycles. The van der Waals surface area contributed by atoms with E-state index in [1.165, 1.54) is 0 Å². The van der Waals surface area contributed by atoms with Crippen LogP contribution in [0.4, 0.5) is 11.4 Å². The maximum Gasteiger partial charge on any atom is 0.119 e. The number of anilines is 2. The summed E-state index contributed by atoms with van der Waals surface area (Å²) in [7, 11) is 0. The van der Waals surface area contributed by atoms with Crippen LogP contribution in [0.5, 0.6) is 11.5 Å². The van der Waals surface area contributed by atoms with Crippen LogP contribution in [0.15, 0.2) is 48.5 Å². The normalized spacial score (nSPS) is 9.92. The molecular weight excluding hydrogens is 298 g/mol. The zero-order valence-corrected chi connectivity index (χ0v) is 15.6. The van der Waals surface area contributed by atoms with Crippen molar-refractivity contribution in [2.75, 3.05) is 18.5 Å².